The zero-order valence-corrected chi connectivity index (χ0v) is 12.9. The molecule has 0 bridgehead atoms. The summed E-state index contributed by atoms with van der Waals surface area (Å²) in [5.74, 6) is 1.94. The van der Waals surface area contributed by atoms with Gasteiger partial charge in [0.2, 0.25) is 0 Å². The maximum atomic E-state index is 11.6. The predicted molar refractivity (Wildman–Crippen MR) is 77.5 cm³/mol. The molecule has 18 heavy (non-hydrogen) atoms. The molecular formula is C14H29NO2S. The first-order chi connectivity index (χ1) is 8.48. The summed E-state index contributed by atoms with van der Waals surface area (Å²) in [4.78, 5) is 0. The molecule has 0 spiro atoms. The van der Waals surface area contributed by atoms with Gasteiger partial charge in [-0.3, -0.25) is 0 Å². The van der Waals surface area contributed by atoms with Gasteiger partial charge in [-0.05, 0) is 50.5 Å². The smallest absolute Gasteiger partial charge is 0.150 e. The molecule has 1 saturated carbocycles. The second-order valence-corrected chi connectivity index (χ2v) is 8.24. The second kappa shape index (κ2) is 7.49. The molecule has 0 heterocycles. The minimum absolute atomic E-state index is 0.280. The summed E-state index contributed by atoms with van der Waals surface area (Å²) in [5.41, 5.74) is 0. The van der Waals surface area contributed by atoms with E-state index in [0.29, 0.717) is 17.7 Å². The van der Waals surface area contributed by atoms with Gasteiger partial charge in [-0.15, -0.1) is 0 Å². The molecule has 3 nitrogen and oxygen atoms in total. The molecule has 4 heteroatoms. The van der Waals surface area contributed by atoms with E-state index in [1.54, 1.807) is 6.92 Å². The van der Waals surface area contributed by atoms with Gasteiger partial charge in [0.25, 0.3) is 0 Å². The Balaban J connectivity index is 2.51. The van der Waals surface area contributed by atoms with Crippen molar-refractivity contribution in [3.8, 4) is 0 Å². The van der Waals surface area contributed by atoms with Gasteiger partial charge in [0.15, 0.2) is 0 Å². The van der Waals surface area contributed by atoms with Gasteiger partial charge in [0.05, 0.1) is 5.75 Å². The van der Waals surface area contributed by atoms with Gasteiger partial charge in [-0.25, -0.2) is 8.42 Å². The minimum Gasteiger partial charge on any atom is -0.314 e. The lowest BCUT2D eigenvalue weighted by molar-refractivity contribution is 0.209. The second-order valence-electron chi connectivity index (χ2n) is 5.76. The van der Waals surface area contributed by atoms with Crippen LogP contribution in [0.4, 0.5) is 0 Å². The topological polar surface area (TPSA) is 46.2 Å². The highest BCUT2D eigenvalue weighted by Gasteiger charge is 2.28. The van der Waals surface area contributed by atoms with E-state index in [-0.39, 0.29) is 5.75 Å². The highest BCUT2D eigenvalue weighted by Crippen LogP contribution is 2.31. The summed E-state index contributed by atoms with van der Waals surface area (Å²) in [6.07, 6.45) is 5.64. The Kier molecular flexibility index (Phi) is 6.64. The zero-order valence-electron chi connectivity index (χ0n) is 12.1. The maximum absolute atomic E-state index is 11.6. The standard InChI is InChI=1S/C14H29NO2S/c1-4-9-15-14-7-6-12(3)11-13(14)8-10-18(16,17)5-2/h12-15H,4-11H2,1-3H3. The van der Waals surface area contributed by atoms with Crippen molar-refractivity contribution in [2.45, 2.75) is 58.9 Å². The highest BCUT2D eigenvalue weighted by molar-refractivity contribution is 7.91. The number of rotatable bonds is 7. The fourth-order valence-corrected chi connectivity index (χ4v) is 3.84. The van der Waals surface area contributed by atoms with Gasteiger partial charge < -0.3 is 5.32 Å². The van der Waals surface area contributed by atoms with Crippen LogP contribution < -0.4 is 5.32 Å². The van der Waals surface area contributed by atoms with Crippen LogP contribution in [0, 0.1) is 11.8 Å². The lowest BCUT2D eigenvalue weighted by atomic mass is 9.77. The molecule has 1 aliphatic carbocycles. The molecule has 0 amide bonds. The Hall–Kier alpha value is -0.0900. The predicted octanol–water partition coefficient (Wildman–Crippen LogP) is 2.62. The van der Waals surface area contributed by atoms with Crippen LogP contribution >= 0.6 is 0 Å². The van der Waals surface area contributed by atoms with Gasteiger partial charge in [0, 0.05) is 11.8 Å². The summed E-state index contributed by atoms with van der Waals surface area (Å²) in [7, 11) is -2.81. The Labute approximate surface area is 113 Å². The largest absolute Gasteiger partial charge is 0.314 e. The van der Waals surface area contributed by atoms with Crippen LogP contribution in [-0.4, -0.2) is 32.5 Å². The van der Waals surface area contributed by atoms with E-state index in [1.807, 2.05) is 0 Å². The molecule has 1 N–H and O–H groups in total. The average Bonchev–Trinajstić information content (AvgIpc) is 2.35. The SMILES string of the molecule is CCCNC1CCC(C)CC1CCS(=O)(=O)CC. The van der Waals surface area contributed by atoms with Gasteiger partial charge >= 0.3 is 0 Å². The molecule has 0 aromatic heterocycles. The lowest BCUT2D eigenvalue weighted by Gasteiger charge is -2.35. The fraction of sp³-hybridized carbons (Fsp3) is 1.00. The lowest BCUT2D eigenvalue weighted by Crippen LogP contribution is -2.41. The summed E-state index contributed by atoms with van der Waals surface area (Å²) in [6.45, 7) is 7.26. The van der Waals surface area contributed by atoms with Crippen LogP contribution in [0.3, 0.4) is 0 Å². The van der Waals surface area contributed by atoms with Crippen LogP contribution in [0.2, 0.25) is 0 Å². The van der Waals surface area contributed by atoms with Gasteiger partial charge in [-0.2, -0.15) is 0 Å². The summed E-state index contributed by atoms with van der Waals surface area (Å²) in [5, 5.41) is 3.60. The Morgan fingerprint density at radius 1 is 1.22 bits per heavy atom. The third-order valence-electron chi connectivity index (χ3n) is 4.14. The molecule has 0 aromatic rings. The molecule has 0 saturated heterocycles. The van der Waals surface area contributed by atoms with Crippen LogP contribution in [0.15, 0.2) is 0 Å². The molecule has 3 unspecified atom stereocenters. The van der Waals surface area contributed by atoms with Crippen LogP contribution in [-0.2, 0) is 9.84 Å². The third-order valence-corrected chi connectivity index (χ3v) is 5.88. The highest BCUT2D eigenvalue weighted by atomic mass is 32.2. The number of sulfone groups is 1. The van der Waals surface area contributed by atoms with E-state index in [4.69, 9.17) is 0 Å². The third kappa shape index (κ3) is 5.27. The van der Waals surface area contributed by atoms with Crippen molar-refractivity contribution in [3.63, 3.8) is 0 Å². The molecular weight excluding hydrogens is 246 g/mol. The van der Waals surface area contributed by atoms with E-state index < -0.39 is 9.84 Å². The summed E-state index contributed by atoms with van der Waals surface area (Å²) < 4.78 is 23.2. The molecule has 1 aliphatic rings. The van der Waals surface area contributed by atoms with Crippen LogP contribution in [0.25, 0.3) is 0 Å². The van der Waals surface area contributed by atoms with Gasteiger partial charge in [-0.1, -0.05) is 20.8 Å². The molecule has 0 radical (unpaired) electrons. The van der Waals surface area contributed by atoms with Crippen LogP contribution in [0.1, 0.15) is 52.9 Å². The molecule has 0 aromatic carbocycles. The van der Waals surface area contributed by atoms with E-state index in [0.717, 1.165) is 25.3 Å². The monoisotopic (exact) mass is 275 g/mol. The Morgan fingerprint density at radius 3 is 2.56 bits per heavy atom. The van der Waals surface area contributed by atoms with Crippen LogP contribution in [0.5, 0.6) is 0 Å². The van der Waals surface area contributed by atoms with Crippen molar-refractivity contribution in [1.29, 1.82) is 0 Å². The first-order valence-electron chi connectivity index (χ1n) is 7.42. The van der Waals surface area contributed by atoms with Crippen molar-refractivity contribution in [2.24, 2.45) is 11.8 Å². The summed E-state index contributed by atoms with van der Waals surface area (Å²) in [6, 6.07) is 0.535. The molecule has 1 fully saturated rings. The molecule has 108 valence electrons. The fourth-order valence-electron chi connectivity index (χ4n) is 2.89. The van der Waals surface area contributed by atoms with Crippen molar-refractivity contribution in [2.75, 3.05) is 18.1 Å². The number of hydrogen-bond acceptors (Lipinski definition) is 3. The van der Waals surface area contributed by atoms with Crippen molar-refractivity contribution >= 4 is 9.84 Å². The van der Waals surface area contributed by atoms with E-state index in [2.05, 4.69) is 19.2 Å². The first-order valence-corrected chi connectivity index (χ1v) is 9.24. The van der Waals surface area contributed by atoms with Gasteiger partial charge in [0.1, 0.15) is 9.84 Å². The zero-order chi connectivity index (χ0) is 13.6. The molecule has 1 rings (SSSR count). The minimum atomic E-state index is -2.81. The maximum Gasteiger partial charge on any atom is 0.150 e. The number of hydrogen-bond donors (Lipinski definition) is 1. The Bertz CT molecular complexity index is 325. The van der Waals surface area contributed by atoms with E-state index in [1.165, 1.54) is 19.3 Å². The Morgan fingerprint density at radius 2 is 1.94 bits per heavy atom. The average molecular weight is 275 g/mol. The normalized spacial score (nSPS) is 29.4. The first kappa shape index (κ1) is 16.0. The van der Waals surface area contributed by atoms with Crippen molar-refractivity contribution in [3.05, 3.63) is 0 Å². The molecule has 3 atom stereocenters. The van der Waals surface area contributed by atoms with E-state index in [9.17, 15) is 8.42 Å². The quantitative estimate of drug-likeness (QED) is 0.777. The summed E-state index contributed by atoms with van der Waals surface area (Å²) >= 11 is 0. The van der Waals surface area contributed by atoms with Crippen molar-refractivity contribution in [1.82, 2.24) is 5.32 Å². The molecule has 0 aliphatic heterocycles. The van der Waals surface area contributed by atoms with Crippen molar-refractivity contribution < 1.29 is 8.42 Å². The van der Waals surface area contributed by atoms with E-state index >= 15 is 0 Å². The number of nitrogens with one attached hydrogen (secondary N) is 1.